The zero-order valence-electron chi connectivity index (χ0n) is 28.3. The topological polar surface area (TPSA) is 88.5 Å². The predicted molar refractivity (Wildman–Crippen MR) is 177 cm³/mol. The molecular weight excluding hydrogens is 570 g/mol. The molecule has 9 heteroatoms. The number of aliphatic carboxylic acids is 1. The number of nitrogens with zero attached hydrogens (tertiary/aromatic N) is 3. The van der Waals surface area contributed by atoms with Gasteiger partial charge in [0.25, 0.3) is 0 Å². The minimum atomic E-state index is -0.872. The quantitative estimate of drug-likeness (QED) is 0.207. The van der Waals surface area contributed by atoms with E-state index in [0.29, 0.717) is 36.8 Å². The summed E-state index contributed by atoms with van der Waals surface area (Å²) in [5.41, 5.74) is 2.60. The number of anilines is 1. The average Bonchev–Trinajstić information content (AvgIpc) is 3.56. The Hall–Kier alpha value is -3.56. The van der Waals surface area contributed by atoms with E-state index in [0.717, 1.165) is 35.1 Å². The number of hydrogen-bond acceptors (Lipinski definition) is 6. The monoisotopic (exact) mass is 622 g/mol. The van der Waals surface area contributed by atoms with E-state index in [1.807, 2.05) is 42.2 Å². The summed E-state index contributed by atoms with van der Waals surface area (Å²) in [6.45, 7) is 10.4. The molecular formula is C36H52N3O6+. The molecule has 4 rings (SSSR count). The summed E-state index contributed by atoms with van der Waals surface area (Å²) < 4.78 is 17.7. The molecule has 0 spiro atoms. The Labute approximate surface area is 268 Å². The van der Waals surface area contributed by atoms with Crippen molar-refractivity contribution in [1.29, 1.82) is 0 Å². The van der Waals surface area contributed by atoms with Gasteiger partial charge >= 0.3 is 5.97 Å². The van der Waals surface area contributed by atoms with Crippen LogP contribution in [0.15, 0.2) is 48.6 Å². The first-order chi connectivity index (χ1) is 21.3. The molecule has 2 aliphatic rings. The Kier molecular flexibility index (Phi) is 10.9. The number of amides is 1. The van der Waals surface area contributed by atoms with Crippen molar-refractivity contribution in [3.63, 3.8) is 0 Å². The van der Waals surface area contributed by atoms with Gasteiger partial charge in [-0.1, -0.05) is 51.5 Å². The lowest BCUT2D eigenvalue weighted by molar-refractivity contribution is -0.884. The molecule has 2 aromatic rings. The van der Waals surface area contributed by atoms with Crippen LogP contribution in [0.2, 0.25) is 0 Å². The first-order valence-electron chi connectivity index (χ1n) is 16.0. The summed E-state index contributed by atoms with van der Waals surface area (Å²) in [5.74, 6) is -0.400. The van der Waals surface area contributed by atoms with Crippen molar-refractivity contribution < 1.29 is 33.4 Å². The molecule has 246 valence electrons. The van der Waals surface area contributed by atoms with Gasteiger partial charge in [0.1, 0.15) is 6.54 Å². The smallest absolute Gasteiger partial charge is 0.308 e. The molecule has 1 fully saturated rings. The number of methoxy groups -OCH3 is 1. The number of benzene rings is 2. The number of carbonyl (C=O) groups is 2. The Bertz CT molecular complexity index is 1380. The highest BCUT2D eigenvalue weighted by atomic mass is 16.7. The van der Waals surface area contributed by atoms with Crippen LogP contribution in [0.4, 0.5) is 5.69 Å². The number of hydrogen-bond donors (Lipinski definition) is 1. The van der Waals surface area contributed by atoms with E-state index >= 15 is 0 Å². The molecule has 2 aromatic carbocycles. The maximum Gasteiger partial charge on any atom is 0.308 e. The number of quaternary nitrogens is 1. The molecule has 1 saturated heterocycles. The van der Waals surface area contributed by atoms with Gasteiger partial charge in [-0.05, 0) is 55.0 Å². The summed E-state index contributed by atoms with van der Waals surface area (Å²) in [6, 6.07) is 11.6. The molecule has 1 amide bonds. The normalized spacial score (nSPS) is 20.1. The fourth-order valence-electron chi connectivity index (χ4n) is 6.85. The predicted octanol–water partition coefficient (Wildman–Crippen LogP) is 5.92. The molecule has 45 heavy (non-hydrogen) atoms. The van der Waals surface area contributed by atoms with Crippen molar-refractivity contribution in [2.24, 2.45) is 11.3 Å². The van der Waals surface area contributed by atoms with Crippen molar-refractivity contribution in [3.05, 3.63) is 59.7 Å². The fraction of sp³-hybridized carbons (Fsp3) is 0.556. The Morgan fingerprint density at radius 2 is 1.93 bits per heavy atom. The van der Waals surface area contributed by atoms with Gasteiger partial charge in [-0.25, -0.2) is 0 Å². The lowest BCUT2D eigenvalue weighted by Crippen LogP contribution is -2.45. The molecule has 2 aliphatic heterocycles. The largest absolute Gasteiger partial charge is 0.493 e. The van der Waals surface area contributed by atoms with Gasteiger partial charge in [0.15, 0.2) is 11.5 Å². The van der Waals surface area contributed by atoms with Crippen molar-refractivity contribution in [3.8, 4) is 17.2 Å². The number of ether oxygens (including phenoxy) is 3. The molecule has 0 saturated carbocycles. The second-order valence-corrected chi connectivity index (χ2v) is 14.1. The standard InChI is InChI=1S/C36H51N3O6/c1-9-11-16-38(27-14-12-13-25(17-27)23-39(5,6)7)32(40)22-37-21-28(26-18-30(43-8)34-31(19-26)44-24-45-34)33(35(41)42)29(37)20-36(3,4)15-10-2/h10,12-15,17-19,28-29,33H,9,11,16,20-24H2,1-8H3/p+1/b15-10+/t28-,29+,33-/m1/s1. The molecule has 3 atom stereocenters. The van der Waals surface area contributed by atoms with Crippen molar-refractivity contribution in [1.82, 2.24) is 4.90 Å². The molecule has 0 bridgehead atoms. The molecule has 9 nitrogen and oxygen atoms in total. The molecule has 0 radical (unpaired) electrons. The third-order valence-corrected chi connectivity index (χ3v) is 8.75. The Morgan fingerprint density at radius 1 is 1.18 bits per heavy atom. The highest BCUT2D eigenvalue weighted by molar-refractivity contribution is 5.95. The van der Waals surface area contributed by atoms with Gasteiger partial charge in [0, 0.05) is 36.3 Å². The number of carboxylic acid groups (broad SMARTS) is 1. The molecule has 1 N–H and O–H groups in total. The van der Waals surface area contributed by atoms with Crippen LogP contribution in [0, 0.1) is 11.3 Å². The summed E-state index contributed by atoms with van der Waals surface area (Å²) in [5, 5.41) is 10.7. The zero-order valence-corrected chi connectivity index (χ0v) is 28.3. The maximum absolute atomic E-state index is 14.3. The molecule has 0 aromatic heterocycles. The number of carbonyl (C=O) groups excluding carboxylic acids is 1. The second kappa shape index (κ2) is 14.3. The number of fused-ring (bicyclic) bond motifs is 1. The number of allylic oxidation sites excluding steroid dienone is 2. The third-order valence-electron chi connectivity index (χ3n) is 8.75. The SMILES string of the molecule is C/C=C/C(C)(C)C[C@H]1[C@H](C(=O)O)[C@@H](c2cc(OC)c3c(c2)OCO3)CN1CC(=O)N(CCCC)c1cccc(C[N+](C)(C)C)c1. The first kappa shape index (κ1) is 34.3. The maximum atomic E-state index is 14.3. The van der Waals surface area contributed by atoms with E-state index in [1.165, 1.54) is 5.56 Å². The summed E-state index contributed by atoms with van der Waals surface area (Å²) in [7, 11) is 8.03. The van der Waals surface area contributed by atoms with E-state index in [9.17, 15) is 14.7 Å². The number of rotatable bonds is 14. The van der Waals surface area contributed by atoms with Crippen molar-refractivity contribution in [2.75, 3.05) is 59.6 Å². The van der Waals surface area contributed by atoms with E-state index in [-0.39, 0.29) is 36.6 Å². The third kappa shape index (κ3) is 8.38. The minimum Gasteiger partial charge on any atom is -0.493 e. The van der Waals surface area contributed by atoms with Crippen LogP contribution >= 0.6 is 0 Å². The first-order valence-corrected chi connectivity index (χ1v) is 16.0. The fourth-order valence-corrected chi connectivity index (χ4v) is 6.85. The lowest BCUT2D eigenvalue weighted by atomic mass is 9.77. The van der Waals surface area contributed by atoms with Crippen LogP contribution in [-0.2, 0) is 16.1 Å². The molecule has 0 unspecified atom stereocenters. The van der Waals surface area contributed by atoms with Crippen molar-refractivity contribution >= 4 is 17.6 Å². The number of likely N-dealkylation sites (tertiary alicyclic amines) is 1. The van der Waals surface area contributed by atoms with Gasteiger partial charge in [-0.3, -0.25) is 14.5 Å². The van der Waals surface area contributed by atoms with Gasteiger partial charge in [0.2, 0.25) is 18.4 Å². The summed E-state index contributed by atoms with van der Waals surface area (Å²) in [4.78, 5) is 31.3. The Morgan fingerprint density at radius 3 is 2.58 bits per heavy atom. The lowest BCUT2D eigenvalue weighted by Gasteiger charge is -2.34. The van der Waals surface area contributed by atoms with E-state index in [2.05, 4.69) is 65.0 Å². The van der Waals surface area contributed by atoms with E-state index < -0.39 is 11.9 Å². The van der Waals surface area contributed by atoms with Crippen molar-refractivity contribution in [2.45, 2.75) is 65.5 Å². The molecule has 2 heterocycles. The summed E-state index contributed by atoms with van der Waals surface area (Å²) in [6.07, 6.45) is 6.56. The van der Waals surface area contributed by atoms with Crippen LogP contribution in [0.25, 0.3) is 0 Å². The van der Waals surface area contributed by atoms with E-state index in [1.54, 1.807) is 7.11 Å². The van der Waals surface area contributed by atoms with Crippen LogP contribution in [0.3, 0.4) is 0 Å². The van der Waals surface area contributed by atoms with Gasteiger partial charge in [-0.2, -0.15) is 0 Å². The second-order valence-electron chi connectivity index (χ2n) is 14.1. The number of carboxylic acids is 1. The summed E-state index contributed by atoms with van der Waals surface area (Å²) >= 11 is 0. The average molecular weight is 623 g/mol. The minimum absolute atomic E-state index is 0.0206. The van der Waals surface area contributed by atoms with Gasteiger partial charge in [-0.15, -0.1) is 0 Å². The highest BCUT2D eigenvalue weighted by Gasteiger charge is 2.49. The van der Waals surface area contributed by atoms with Gasteiger partial charge < -0.3 is 28.7 Å². The number of unbranched alkanes of at least 4 members (excludes halogenated alkanes) is 1. The highest BCUT2D eigenvalue weighted by Crippen LogP contribution is 2.48. The van der Waals surface area contributed by atoms with Crippen LogP contribution < -0.4 is 19.1 Å². The molecule has 0 aliphatic carbocycles. The Balaban J connectivity index is 1.71. The van der Waals surface area contributed by atoms with Crippen LogP contribution in [0.5, 0.6) is 17.2 Å². The van der Waals surface area contributed by atoms with Crippen LogP contribution in [-0.4, -0.2) is 87.1 Å². The zero-order chi connectivity index (χ0) is 32.9. The van der Waals surface area contributed by atoms with E-state index in [4.69, 9.17) is 14.2 Å². The van der Waals surface area contributed by atoms with Gasteiger partial charge in [0.05, 0.1) is 40.7 Å². The van der Waals surface area contributed by atoms with Crippen LogP contribution in [0.1, 0.15) is 64.0 Å².